The van der Waals surface area contributed by atoms with Gasteiger partial charge in [0.25, 0.3) is 5.69 Å². The summed E-state index contributed by atoms with van der Waals surface area (Å²) >= 11 is 0. The summed E-state index contributed by atoms with van der Waals surface area (Å²) in [5.74, 6) is -2.11. The standard InChI is InChI=1S/C12H7F3N2O7S/c1-23-11(18)7-5-9(24-25(21,22)12(13,14)15)6-3-2-4-8(17(19)20)10(6)16-7/h2-5H,1H3. The van der Waals surface area contributed by atoms with E-state index in [-0.39, 0.29) is 0 Å². The fourth-order valence-corrected chi connectivity index (χ4v) is 2.26. The first-order chi connectivity index (χ1) is 11.5. The highest BCUT2D eigenvalue weighted by Crippen LogP contribution is 2.35. The molecule has 0 aliphatic carbocycles. The van der Waals surface area contributed by atoms with Gasteiger partial charge in [0.15, 0.2) is 17.0 Å². The number of benzene rings is 1. The van der Waals surface area contributed by atoms with Gasteiger partial charge in [0.05, 0.1) is 17.4 Å². The molecule has 0 saturated carbocycles. The van der Waals surface area contributed by atoms with E-state index >= 15 is 0 Å². The molecule has 0 radical (unpaired) electrons. The third-order valence-corrected chi connectivity index (χ3v) is 3.82. The lowest BCUT2D eigenvalue weighted by Gasteiger charge is -2.12. The molecule has 2 aromatic rings. The van der Waals surface area contributed by atoms with E-state index < -0.39 is 54.6 Å². The zero-order chi connectivity index (χ0) is 19.0. The first-order valence-corrected chi connectivity index (χ1v) is 7.56. The van der Waals surface area contributed by atoms with E-state index in [1.807, 2.05) is 0 Å². The second-order valence-electron chi connectivity index (χ2n) is 4.41. The summed E-state index contributed by atoms with van der Waals surface area (Å²) in [5.41, 5.74) is -7.62. The van der Waals surface area contributed by atoms with Crippen LogP contribution in [0.2, 0.25) is 0 Å². The highest BCUT2D eigenvalue weighted by molar-refractivity contribution is 7.88. The number of nitro benzene ring substituents is 1. The Balaban J connectivity index is 2.80. The van der Waals surface area contributed by atoms with Crippen LogP contribution in [-0.2, 0) is 14.9 Å². The summed E-state index contributed by atoms with van der Waals surface area (Å²) < 4.78 is 68.4. The third-order valence-electron chi connectivity index (χ3n) is 2.85. The number of nitrogens with zero attached hydrogens (tertiary/aromatic N) is 2. The molecule has 9 nitrogen and oxygen atoms in total. The molecule has 1 aromatic carbocycles. The number of rotatable bonds is 4. The van der Waals surface area contributed by atoms with Crippen molar-refractivity contribution in [3.63, 3.8) is 0 Å². The number of methoxy groups -OCH3 is 1. The highest BCUT2D eigenvalue weighted by Gasteiger charge is 2.49. The molecule has 2 rings (SSSR count). The Kier molecular flexibility index (Phi) is 4.53. The van der Waals surface area contributed by atoms with Crippen molar-refractivity contribution in [3.05, 3.63) is 40.1 Å². The van der Waals surface area contributed by atoms with E-state index in [0.29, 0.717) is 6.07 Å². The first kappa shape index (κ1) is 18.4. The van der Waals surface area contributed by atoms with E-state index in [9.17, 15) is 36.5 Å². The number of aromatic nitrogens is 1. The van der Waals surface area contributed by atoms with Crippen molar-refractivity contribution in [3.8, 4) is 5.75 Å². The van der Waals surface area contributed by atoms with Gasteiger partial charge >= 0.3 is 21.6 Å². The molecule has 25 heavy (non-hydrogen) atoms. The van der Waals surface area contributed by atoms with Crippen LogP contribution in [-0.4, -0.2) is 36.9 Å². The lowest BCUT2D eigenvalue weighted by atomic mass is 10.1. The van der Waals surface area contributed by atoms with Crippen molar-refractivity contribution >= 4 is 32.7 Å². The summed E-state index contributed by atoms with van der Waals surface area (Å²) in [6.07, 6.45) is 0. The molecule has 134 valence electrons. The van der Waals surface area contributed by atoms with E-state index in [2.05, 4.69) is 13.9 Å². The zero-order valence-electron chi connectivity index (χ0n) is 12.1. The van der Waals surface area contributed by atoms with Gasteiger partial charge in [-0.3, -0.25) is 10.1 Å². The monoisotopic (exact) mass is 380 g/mol. The van der Waals surface area contributed by atoms with Gasteiger partial charge in [0, 0.05) is 12.1 Å². The average Bonchev–Trinajstić information content (AvgIpc) is 2.51. The molecular weight excluding hydrogens is 373 g/mol. The minimum atomic E-state index is -6.07. The molecule has 0 amide bonds. The summed E-state index contributed by atoms with van der Waals surface area (Å²) in [6.45, 7) is 0. The maximum absolute atomic E-state index is 12.5. The van der Waals surface area contributed by atoms with Gasteiger partial charge in [0.1, 0.15) is 0 Å². The number of fused-ring (bicyclic) bond motifs is 1. The lowest BCUT2D eigenvalue weighted by Crippen LogP contribution is -2.28. The van der Waals surface area contributed by atoms with Crippen LogP contribution in [0.4, 0.5) is 18.9 Å². The smallest absolute Gasteiger partial charge is 0.464 e. The number of non-ortho nitro benzene ring substituents is 1. The molecule has 1 aromatic heterocycles. The SMILES string of the molecule is COC(=O)c1cc(OS(=O)(=O)C(F)(F)F)c2cccc([N+](=O)[O-])c2n1. The molecule has 0 fully saturated rings. The third kappa shape index (κ3) is 3.45. The normalized spacial score (nSPS) is 12.0. The number of hydrogen-bond acceptors (Lipinski definition) is 8. The number of hydrogen-bond donors (Lipinski definition) is 0. The van der Waals surface area contributed by atoms with E-state index in [1.54, 1.807) is 0 Å². The van der Waals surface area contributed by atoms with Crippen molar-refractivity contribution < 1.29 is 40.2 Å². The number of pyridine rings is 1. The van der Waals surface area contributed by atoms with Crippen LogP contribution in [0.25, 0.3) is 10.9 Å². The Morgan fingerprint density at radius 2 is 1.96 bits per heavy atom. The minimum Gasteiger partial charge on any atom is -0.464 e. The lowest BCUT2D eigenvalue weighted by molar-refractivity contribution is -0.383. The number of esters is 1. The fourth-order valence-electron chi connectivity index (χ4n) is 1.79. The molecule has 1 heterocycles. The summed E-state index contributed by atoms with van der Waals surface area (Å²) in [5, 5.41) is 10.6. The maximum Gasteiger partial charge on any atom is 0.534 e. The Bertz CT molecular complexity index is 973. The van der Waals surface area contributed by atoms with Crippen molar-refractivity contribution in [1.82, 2.24) is 4.98 Å². The summed E-state index contributed by atoms with van der Waals surface area (Å²) in [7, 11) is -5.14. The second kappa shape index (κ2) is 6.16. The van der Waals surface area contributed by atoms with Crippen molar-refractivity contribution in [2.24, 2.45) is 0 Å². The predicted molar refractivity (Wildman–Crippen MR) is 75.3 cm³/mol. The van der Waals surface area contributed by atoms with Crippen molar-refractivity contribution in [1.29, 1.82) is 0 Å². The largest absolute Gasteiger partial charge is 0.534 e. The van der Waals surface area contributed by atoms with Crippen LogP contribution in [0.15, 0.2) is 24.3 Å². The topological polar surface area (TPSA) is 126 Å². The second-order valence-corrected chi connectivity index (χ2v) is 5.95. The van der Waals surface area contributed by atoms with Crippen LogP contribution in [0.3, 0.4) is 0 Å². The van der Waals surface area contributed by atoms with Gasteiger partial charge in [0.2, 0.25) is 0 Å². The number of alkyl halides is 3. The molecule has 0 aliphatic heterocycles. The number of carbonyl (C=O) groups is 1. The number of carbonyl (C=O) groups excluding carboxylic acids is 1. The molecule has 0 N–H and O–H groups in total. The van der Waals surface area contributed by atoms with Gasteiger partial charge in [-0.2, -0.15) is 21.6 Å². The van der Waals surface area contributed by atoms with Crippen LogP contribution >= 0.6 is 0 Å². The van der Waals surface area contributed by atoms with Crippen LogP contribution in [0.1, 0.15) is 10.5 Å². The minimum absolute atomic E-state index is 0.408. The van der Waals surface area contributed by atoms with E-state index in [1.165, 1.54) is 0 Å². The molecule has 0 aliphatic rings. The van der Waals surface area contributed by atoms with Gasteiger partial charge < -0.3 is 8.92 Å². The van der Waals surface area contributed by atoms with E-state index in [4.69, 9.17) is 0 Å². The van der Waals surface area contributed by atoms with Crippen molar-refractivity contribution in [2.45, 2.75) is 5.51 Å². The molecule has 0 unspecified atom stereocenters. The Labute approximate surface area is 137 Å². The van der Waals surface area contributed by atoms with Gasteiger partial charge in [-0.1, -0.05) is 6.07 Å². The Morgan fingerprint density at radius 1 is 1.32 bits per heavy atom. The molecule has 0 saturated heterocycles. The Hall–Kier alpha value is -2.96. The van der Waals surface area contributed by atoms with Gasteiger partial charge in [-0.05, 0) is 6.07 Å². The number of halogens is 3. The molecule has 0 spiro atoms. The van der Waals surface area contributed by atoms with Gasteiger partial charge in [-0.15, -0.1) is 0 Å². The van der Waals surface area contributed by atoms with Crippen LogP contribution in [0.5, 0.6) is 5.75 Å². The highest BCUT2D eigenvalue weighted by atomic mass is 32.2. The van der Waals surface area contributed by atoms with Crippen molar-refractivity contribution in [2.75, 3.05) is 7.11 Å². The average molecular weight is 380 g/mol. The molecular formula is C12H7F3N2O7S. The maximum atomic E-state index is 12.5. The van der Waals surface area contributed by atoms with Crippen LogP contribution < -0.4 is 4.18 Å². The molecule has 13 heteroatoms. The number of ether oxygens (including phenoxy) is 1. The van der Waals surface area contributed by atoms with Crippen LogP contribution in [0, 0.1) is 10.1 Å². The molecule has 0 atom stereocenters. The number of nitro groups is 1. The first-order valence-electron chi connectivity index (χ1n) is 6.15. The fraction of sp³-hybridized carbons (Fsp3) is 0.167. The summed E-state index contributed by atoms with van der Waals surface area (Å²) in [6, 6.07) is 3.70. The molecule has 0 bridgehead atoms. The quantitative estimate of drug-likeness (QED) is 0.260. The van der Waals surface area contributed by atoms with E-state index in [0.717, 1.165) is 25.3 Å². The predicted octanol–water partition coefficient (Wildman–Crippen LogP) is 2.16. The van der Waals surface area contributed by atoms with Gasteiger partial charge in [-0.25, -0.2) is 9.78 Å². The number of para-hydroxylation sites is 1. The Morgan fingerprint density at radius 3 is 2.48 bits per heavy atom. The summed E-state index contributed by atoms with van der Waals surface area (Å²) in [4.78, 5) is 25.3. The zero-order valence-corrected chi connectivity index (χ0v) is 12.9.